The van der Waals surface area contributed by atoms with Crippen LogP contribution in [0.1, 0.15) is 20.3 Å². The first kappa shape index (κ1) is 18.7. The molecular formula is C10H23Cl2N2O3P. The van der Waals surface area contributed by atoms with Crippen LogP contribution in [0.25, 0.3) is 0 Å². The fourth-order valence-electron chi connectivity index (χ4n) is 1.07. The predicted octanol–water partition coefficient (Wildman–Crippen LogP) is 3.18. The zero-order chi connectivity index (χ0) is 14.4. The van der Waals surface area contributed by atoms with Gasteiger partial charge in [-0.05, 0) is 57.9 Å². The van der Waals surface area contributed by atoms with Gasteiger partial charge in [-0.15, -0.1) is 3.94 Å². The van der Waals surface area contributed by atoms with Crippen molar-refractivity contribution in [1.29, 1.82) is 0 Å². The van der Waals surface area contributed by atoms with Crippen molar-refractivity contribution in [3.05, 3.63) is 0 Å². The van der Waals surface area contributed by atoms with Crippen LogP contribution in [0.5, 0.6) is 0 Å². The topological polar surface area (TPSA) is 42.0 Å². The van der Waals surface area contributed by atoms with Crippen molar-refractivity contribution in [3.8, 4) is 0 Å². The number of hydrogen-bond acceptors (Lipinski definition) is 5. The second-order valence-electron chi connectivity index (χ2n) is 4.95. The summed E-state index contributed by atoms with van der Waals surface area (Å²) in [4.78, 5) is 1.95. The first-order valence-corrected chi connectivity index (χ1v) is 8.09. The van der Waals surface area contributed by atoms with Gasteiger partial charge in [-0.1, -0.05) is 0 Å². The normalized spacial score (nSPS) is 16.3. The Bertz CT molecular complexity index is 288. The number of halogens is 2. The minimum absolute atomic E-state index is 0.278. The lowest BCUT2D eigenvalue weighted by Gasteiger charge is -2.28. The van der Waals surface area contributed by atoms with Crippen LogP contribution in [0.3, 0.4) is 0 Å². The summed E-state index contributed by atoms with van der Waals surface area (Å²) < 4.78 is 23.7. The van der Waals surface area contributed by atoms with Crippen LogP contribution >= 0.6 is 31.1 Å². The molecular weight excluding hydrogens is 298 g/mol. The van der Waals surface area contributed by atoms with Gasteiger partial charge in [0.05, 0.1) is 12.8 Å². The van der Waals surface area contributed by atoms with Gasteiger partial charge >= 0.3 is 7.60 Å². The van der Waals surface area contributed by atoms with Crippen molar-refractivity contribution >= 4 is 31.1 Å². The van der Waals surface area contributed by atoms with Crippen molar-refractivity contribution in [2.24, 2.45) is 0 Å². The van der Waals surface area contributed by atoms with Crippen LogP contribution in [-0.4, -0.2) is 54.9 Å². The zero-order valence-corrected chi connectivity index (χ0v) is 14.1. The smallest absolute Gasteiger partial charge is 0.312 e. The molecule has 0 aliphatic rings. The molecule has 0 saturated heterocycles. The second kappa shape index (κ2) is 8.05. The fourth-order valence-corrected chi connectivity index (χ4v) is 2.83. The summed E-state index contributed by atoms with van der Waals surface area (Å²) in [7, 11) is 2.17. The Morgan fingerprint density at radius 2 is 1.83 bits per heavy atom. The molecule has 8 heteroatoms. The van der Waals surface area contributed by atoms with Crippen molar-refractivity contribution in [2.45, 2.75) is 25.8 Å². The van der Waals surface area contributed by atoms with Crippen LogP contribution in [0.15, 0.2) is 0 Å². The Hall–Kier alpha value is 0.650. The molecule has 18 heavy (non-hydrogen) atoms. The molecule has 0 bridgehead atoms. The third-order valence-corrected chi connectivity index (χ3v) is 5.38. The molecule has 0 heterocycles. The number of nitrogens with zero attached hydrogens (tertiary/aromatic N) is 2. The maximum absolute atomic E-state index is 12.3. The molecule has 0 radical (unpaired) electrons. The molecule has 0 fully saturated rings. The summed E-state index contributed by atoms with van der Waals surface area (Å²) in [5.74, 6) is 0. The van der Waals surface area contributed by atoms with Gasteiger partial charge in [-0.25, -0.2) is 0 Å². The number of rotatable bonds is 9. The summed E-state index contributed by atoms with van der Waals surface area (Å²) in [6.07, 6.45) is 0.785. The van der Waals surface area contributed by atoms with Crippen LogP contribution < -0.4 is 0 Å². The minimum Gasteiger partial charge on any atom is -0.312 e. The van der Waals surface area contributed by atoms with Crippen molar-refractivity contribution in [3.63, 3.8) is 0 Å². The van der Waals surface area contributed by atoms with Gasteiger partial charge in [0.1, 0.15) is 0 Å². The standard InChI is InChI=1S/C10H23Cl2N2O3P/c1-10(2,14(11)12)6-9-18(15,16-5)17-8-7-13(3)4/h6-9H2,1-5H3. The highest BCUT2D eigenvalue weighted by atomic mass is 35.5. The first-order valence-electron chi connectivity index (χ1n) is 5.69. The lowest BCUT2D eigenvalue weighted by atomic mass is 10.0. The van der Waals surface area contributed by atoms with Gasteiger partial charge < -0.3 is 13.9 Å². The van der Waals surface area contributed by atoms with Crippen molar-refractivity contribution in [1.82, 2.24) is 8.84 Å². The average molecular weight is 321 g/mol. The molecule has 0 amide bonds. The Morgan fingerprint density at radius 3 is 2.22 bits per heavy atom. The largest absolute Gasteiger partial charge is 0.330 e. The highest BCUT2D eigenvalue weighted by Crippen LogP contribution is 2.49. The Balaban J connectivity index is 4.27. The SMILES string of the molecule is COP(=O)(CCC(C)(C)N(Cl)Cl)OCCN(C)C. The lowest BCUT2D eigenvalue weighted by molar-refractivity contribution is 0.206. The lowest BCUT2D eigenvalue weighted by Crippen LogP contribution is -2.32. The van der Waals surface area contributed by atoms with E-state index in [1.165, 1.54) is 7.11 Å². The van der Waals surface area contributed by atoms with E-state index in [4.69, 9.17) is 32.6 Å². The Kier molecular flexibility index (Phi) is 8.34. The summed E-state index contributed by atoms with van der Waals surface area (Å²) in [5.41, 5.74) is -0.484. The van der Waals surface area contributed by atoms with E-state index >= 15 is 0 Å². The molecule has 0 spiro atoms. The molecule has 0 saturated carbocycles. The molecule has 0 aliphatic heterocycles. The van der Waals surface area contributed by atoms with E-state index in [2.05, 4.69) is 0 Å². The maximum Gasteiger partial charge on any atom is 0.330 e. The van der Waals surface area contributed by atoms with E-state index in [0.717, 1.165) is 3.94 Å². The summed E-state index contributed by atoms with van der Waals surface area (Å²) in [6.45, 7) is 4.76. The second-order valence-corrected chi connectivity index (χ2v) is 8.09. The van der Waals surface area contributed by atoms with E-state index in [0.29, 0.717) is 19.6 Å². The van der Waals surface area contributed by atoms with Crippen molar-refractivity contribution < 1.29 is 13.6 Å². The van der Waals surface area contributed by atoms with Gasteiger partial charge in [-0.2, -0.15) is 0 Å². The molecule has 1 unspecified atom stereocenters. The predicted molar refractivity (Wildman–Crippen MR) is 76.2 cm³/mol. The minimum atomic E-state index is -3.06. The van der Waals surface area contributed by atoms with E-state index < -0.39 is 13.1 Å². The number of likely N-dealkylation sites (N-methyl/N-ethyl adjacent to an activating group) is 1. The Morgan fingerprint density at radius 1 is 1.28 bits per heavy atom. The molecule has 1 atom stereocenters. The van der Waals surface area contributed by atoms with E-state index in [-0.39, 0.29) is 6.16 Å². The summed E-state index contributed by atoms with van der Waals surface area (Å²) in [6, 6.07) is 0. The highest BCUT2D eigenvalue weighted by Gasteiger charge is 2.31. The molecule has 0 rings (SSSR count). The van der Waals surface area contributed by atoms with Crippen LogP contribution in [0, 0.1) is 0 Å². The molecule has 0 N–H and O–H groups in total. The van der Waals surface area contributed by atoms with E-state index in [9.17, 15) is 4.57 Å². The van der Waals surface area contributed by atoms with Gasteiger partial charge in [0.25, 0.3) is 0 Å². The van der Waals surface area contributed by atoms with Crippen LogP contribution in [0.2, 0.25) is 0 Å². The molecule has 0 aromatic rings. The fraction of sp³-hybridized carbons (Fsp3) is 1.00. The van der Waals surface area contributed by atoms with Gasteiger partial charge in [0.2, 0.25) is 0 Å². The Labute approximate surface area is 120 Å². The van der Waals surface area contributed by atoms with E-state index in [1.54, 1.807) is 0 Å². The van der Waals surface area contributed by atoms with Gasteiger partial charge in [-0.3, -0.25) is 4.57 Å². The van der Waals surface area contributed by atoms with Gasteiger partial charge in [0, 0.05) is 19.2 Å². The zero-order valence-electron chi connectivity index (χ0n) is 11.7. The highest BCUT2D eigenvalue weighted by molar-refractivity contribution is 7.53. The van der Waals surface area contributed by atoms with Crippen molar-refractivity contribution in [2.75, 3.05) is 40.5 Å². The van der Waals surface area contributed by atoms with E-state index in [1.807, 2.05) is 32.8 Å². The monoisotopic (exact) mass is 320 g/mol. The molecule has 5 nitrogen and oxygen atoms in total. The summed E-state index contributed by atoms with van der Waals surface area (Å²) in [5, 5.41) is 0. The number of hydrogen-bond donors (Lipinski definition) is 0. The third-order valence-electron chi connectivity index (χ3n) is 2.56. The molecule has 0 aromatic heterocycles. The first-order chi connectivity index (χ1) is 8.13. The molecule has 0 aromatic carbocycles. The van der Waals surface area contributed by atoms with Crippen LogP contribution in [0.4, 0.5) is 0 Å². The van der Waals surface area contributed by atoms with Crippen LogP contribution in [-0.2, 0) is 13.6 Å². The maximum atomic E-state index is 12.3. The third kappa shape index (κ3) is 7.29. The van der Waals surface area contributed by atoms with Gasteiger partial charge in [0.15, 0.2) is 0 Å². The average Bonchev–Trinajstić information content (AvgIpc) is 2.26. The molecule has 0 aliphatic carbocycles. The summed E-state index contributed by atoms with van der Waals surface area (Å²) >= 11 is 11.4. The quantitative estimate of drug-likeness (QED) is 0.482. The molecule has 110 valence electrons.